The van der Waals surface area contributed by atoms with Crippen LogP contribution in [0.25, 0.3) is 0 Å². The number of hydrogen-bond donors (Lipinski definition) is 1. The van der Waals surface area contributed by atoms with Crippen LogP contribution in [0.4, 0.5) is 0 Å². The molecule has 82 valence electrons. The maximum absolute atomic E-state index is 5.51. The van der Waals surface area contributed by atoms with Crippen molar-refractivity contribution in [3.63, 3.8) is 0 Å². The first-order valence-electron chi connectivity index (χ1n) is 5.77. The summed E-state index contributed by atoms with van der Waals surface area (Å²) < 4.78 is 0. The van der Waals surface area contributed by atoms with Crippen LogP contribution in [0.3, 0.4) is 0 Å². The highest BCUT2D eigenvalue weighted by molar-refractivity contribution is 5.27. The van der Waals surface area contributed by atoms with Crippen LogP contribution in [0.15, 0.2) is 24.3 Å². The fourth-order valence-electron chi connectivity index (χ4n) is 1.92. The van der Waals surface area contributed by atoms with Gasteiger partial charge in [-0.2, -0.15) is 0 Å². The summed E-state index contributed by atoms with van der Waals surface area (Å²) >= 11 is 0. The van der Waals surface area contributed by atoms with Gasteiger partial charge in [-0.1, -0.05) is 24.3 Å². The fourth-order valence-corrected chi connectivity index (χ4v) is 1.92. The Bertz CT molecular complexity index is 301. The van der Waals surface area contributed by atoms with Gasteiger partial charge in [0.1, 0.15) is 0 Å². The van der Waals surface area contributed by atoms with Crippen LogP contribution in [-0.2, 0) is 6.54 Å². The molecule has 1 aliphatic carbocycles. The molecule has 1 aromatic rings. The summed E-state index contributed by atoms with van der Waals surface area (Å²) in [5.41, 5.74) is 8.41. The summed E-state index contributed by atoms with van der Waals surface area (Å²) in [6.07, 6.45) is 2.76. The van der Waals surface area contributed by atoms with E-state index in [9.17, 15) is 0 Å². The van der Waals surface area contributed by atoms with E-state index in [-0.39, 0.29) is 0 Å². The Labute approximate surface area is 92.1 Å². The van der Waals surface area contributed by atoms with Gasteiger partial charge in [-0.25, -0.2) is 0 Å². The molecule has 0 aliphatic heterocycles. The van der Waals surface area contributed by atoms with Gasteiger partial charge in [0.25, 0.3) is 0 Å². The Hall–Kier alpha value is -0.860. The SMILES string of the molecule is CN(CCN)Cc1ccc(C2CC2)cc1. The first-order valence-corrected chi connectivity index (χ1v) is 5.77. The normalized spacial score (nSPS) is 15.9. The van der Waals surface area contributed by atoms with Crippen LogP contribution >= 0.6 is 0 Å². The molecule has 2 nitrogen and oxygen atoms in total. The van der Waals surface area contributed by atoms with Gasteiger partial charge in [0, 0.05) is 19.6 Å². The highest BCUT2D eigenvalue weighted by atomic mass is 15.1. The van der Waals surface area contributed by atoms with E-state index in [4.69, 9.17) is 5.73 Å². The van der Waals surface area contributed by atoms with Gasteiger partial charge in [0.2, 0.25) is 0 Å². The van der Waals surface area contributed by atoms with Crippen molar-refractivity contribution in [1.82, 2.24) is 4.90 Å². The molecule has 0 bridgehead atoms. The number of hydrogen-bond acceptors (Lipinski definition) is 2. The van der Waals surface area contributed by atoms with E-state index < -0.39 is 0 Å². The molecule has 2 rings (SSSR count). The lowest BCUT2D eigenvalue weighted by Gasteiger charge is -2.15. The van der Waals surface area contributed by atoms with E-state index in [2.05, 4.69) is 36.2 Å². The monoisotopic (exact) mass is 204 g/mol. The molecule has 0 radical (unpaired) electrons. The Morgan fingerprint density at radius 2 is 1.93 bits per heavy atom. The molecule has 2 heteroatoms. The van der Waals surface area contributed by atoms with E-state index in [1.165, 1.54) is 24.0 Å². The topological polar surface area (TPSA) is 29.3 Å². The molecule has 0 unspecified atom stereocenters. The van der Waals surface area contributed by atoms with Gasteiger partial charge < -0.3 is 10.6 Å². The van der Waals surface area contributed by atoms with Crippen molar-refractivity contribution in [2.75, 3.05) is 20.1 Å². The zero-order valence-corrected chi connectivity index (χ0v) is 9.45. The second-order valence-corrected chi connectivity index (χ2v) is 4.54. The minimum Gasteiger partial charge on any atom is -0.329 e. The maximum Gasteiger partial charge on any atom is 0.0231 e. The van der Waals surface area contributed by atoms with Crippen molar-refractivity contribution in [2.45, 2.75) is 25.3 Å². The molecule has 1 aromatic carbocycles. The van der Waals surface area contributed by atoms with Gasteiger partial charge in [0.05, 0.1) is 0 Å². The summed E-state index contributed by atoms with van der Waals surface area (Å²) in [6, 6.07) is 9.06. The van der Waals surface area contributed by atoms with Crippen LogP contribution in [0.2, 0.25) is 0 Å². The Morgan fingerprint density at radius 3 is 2.47 bits per heavy atom. The molecule has 0 aromatic heterocycles. The van der Waals surface area contributed by atoms with Crippen LogP contribution in [0.5, 0.6) is 0 Å². The first kappa shape index (κ1) is 10.7. The molecule has 0 amide bonds. The van der Waals surface area contributed by atoms with Crippen molar-refractivity contribution >= 4 is 0 Å². The first-order chi connectivity index (χ1) is 7.29. The Kier molecular flexibility index (Phi) is 3.39. The van der Waals surface area contributed by atoms with Crippen LogP contribution in [0.1, 0.15) is 29.9 Å². The second-order valence-electron chi connectivity index (χ2n) is 4.54. The predicted molar refractivity (Wildman–Crippen MR) is 63.8 cm³/mol. The number of nitrogens with two attached hydrogens (primary N) is 1. The van der Waals surface area contributed by atoms with Crippen molar-refractivity contribution in [2.24, 2.45) is 5.73 Å². The number of rotatable bonds is 5. The van der Waals surface area contributed by atoms with E-state index in [1.807, 2.05) is 0 Å². The van der Waals surface area contributed by atoms with Crippen LogP contribution in [0, 0.1) is 0 Å². The minimum absolute atomic E-state index is 0.733. The van der Waals surface area contributed by atoms with Crippen molar-refractivity contribution in [1.29, 1.82) is 0 Å². The molecule has 1 aliphatic rings. The lowest BCUT2D eigenvalue weighted by molar-refractivity contribution is 0.336. The molecule has 2 N–H and O–H groups in total. The summed E-state index contributed by atoms with van der Waals surface area (Å²) in [4.78, 5) is 2.26. The minimum atomic E-state index is 0.733. The quantitative estimate of drug-likeness (QED) is 0.794. The molecule has 0 spiro atoms. The zero-order valence-electron chi connectivity index (χ0n) is 9.45. The lowest BCUT2D eigenvalue weighted by Crippen LogP contribution is -2.24. The number of nitrogens with zero attached hydrogens (tertiary/aromatic N) is 1. The second kappa shape index (κ2) is 4.77. The summed E-state index contributed by atoms with van der Waals surface area (Å²) in [7, 11) is 2.11. The summed E-state index contributed by atoms with van der Waals surface area (Å²) in [5, 5.41) is 0. The average Bonchev–Trinajstić information content (AvgIpc) is 3.03. The van der Waals surface area contributed by atoms with E-state index in [1.54, 1.807) is 0 Å². The van der Waals surface area contributed by atoms with E-state index in [0.717, 1.165) is 25.6 Å². The largest absolute Gasteiger partial charge is 0.329 e. The molecule has 0 atom stereocenters. The van der Waals surface area contributed by atoms with Crippen molar-refractivity contribution in [3.8, 4) is 0 Å². The van der Waals surface area contributed by atoms with Gasteiger partial charge in [-0.05, 0) is 36.9 Å². The lowest BCUT2D eigenvalue weighted by atomic mass is 10.1. The molecule has 15 heavy (non-hydrogen) atoms. The molecule has 1 fully saturated rings. The van der Waals surface area contributed by atoms with Gasteiger partial charge in [-0.15, -0.1) is 0 Å². The summed E-state index contributed by atoms with van der Waals surface area (Å²) in [5.74, 6) is 0.862. The highest BCUT2D eigenvalue weighted by Crippen LogP contribution is 2.39. The number of likely N-dealkylation sites (N-methyl/N-ethyl adjacent to an activating group) is 1. The van der Waals surface area contributed by atoms with Crippen molar-refractivity contribution in [3.05, 3.63) is 35.4 Å². The Balaban J connectivity index is 1.91. The standard InChI is InChI=1S/C13H20N2/c1-15(9-8-14)10-11-2-4-12(5-3-11)13-6-7-13/h2-5,13H,6-10,14H2,1H3. The van der Waals surface area contributed by atoms with Gasteiger partial charge >= 0.3 is 0 Å². The maximum atomic E-state index is 5.51. The van der Waals surface area contributed by atoms with Crippen LogP contribution < -0.4 is 5.73 Å². The summed E-state index contributed by atoms with van der Waals surface area (Å²) in [6.45, 7) is 2.70. The smallest absolute Gasteiger partial charge is 0.0231 e. The third-order valence-corrected chi connectivity index (χ3v) is 2.99. The fraction of sp³-hybridized carbons (Fsp3) is 0.538. The molecular formula is C13H20N2. The molecule has 0 saturated heterocycles. The van der Waals surface area contributed by atoms with Crippen LogP contribution in [-0.4, -0.2) is 25.0 Å². The molecule has 1 saturated carbocycles. The number of benzene rings is 1. The van der Waals surface area contributed by atoms with Gasteiger partial charge in [-0.3, -0.25) is 0 Å². The average molecular weight is 204 g/mol. The molecule has 0 heterocycles. The van der Waals surface area contributed by atoms with Crippen molar-refractivity contribution < 1.29 is 0 Å². The van der Waals surface area contributed by atoms with E-state index >= 15 is 0 Å². The third-order valence-electron chi connectivity index (χ3n) is 2.99. The molecular weight excluding hydrogens is 184 g/mol. The van der Waals surface area contributed by atoms with Gasteiger partial charge in [0.15, 0.2) is 0 Å². The highest BCUT2D eigenvalue weighted by Gasteiger charge is 2.22. The zero-order chi connectivity index (χ0) is 10.7. The predicted octanol–water partition coefficient (Wildman–Crippen LogP) is 1.95. The van der Waals surface area contributed by atoms with E-state index in [0.29, 0.717) is 0 Å². The Morgan fingerprint density at radius 1 is 1.27 bits per heavy atom. The third kappa shape index (κ3) is 3.05.